The molecule has 188 valence electrons. The standard InChI is InChI=1S/C26H26ClN3O6/c1-15-21(25(31)35-3)24(23-19(27)9-6-10-20(23)30(33)34)22(16(2)28-15)26(32)36-12-11-29-13-17-7-4-5-8-18(17)14-29/h4-10,21,24H,11-14H2,1-3H3. The first-order chi connectivity index (χ1) is 17.2. The average molecular weight is 512 g/mol. The van der Waals surface area contributed by atoms with Gasteiger partial charge in [-0.2, -0.15) is 0 Å². The van der Waals surface area contributed by atoms with E-state index in [1.54, 1.807) is 13.8 Å². The second-order valence-electron chi connectivity index (χ2n) is 8.78. The number of ether oxygens (including phenoxy) is 2. The minimum absolute atomic E-state index is 0.0510. The van der Waals surface area contributed by atoms with Crippen molar-refractivity contribution in [2.24, 2.45) is 10.9 Å². The van der Waals surface area contributed by atoms with Crippen LogP contribution in [0.1, 0.15) is 36.5 Å². The van der Waals surface area contributed by atoms with E-state index in [-0.39, 0.29) is 28.5 Å². The molecule has 0 N–H and O–H groups in total. The van der Waals surface area contributed by atoms with E-state index in [0.29, 0.717) is 18.0 Å². The van der Waals surface area contributed by atoms with E-state index in [9.17, 15) is 19.7 Å². The van der Waals surface area contributed by atoms with Crippen LogP contribution in [0.2, 0.25) is 5.02 Å². The van der Waals surface area contributed by atoms with Crippen molar-refractivity contribution < 1.29 is 24.0 Å². The van der Waals surface area contributed by atoms with Gasteiger partial charge in [0.25, 0.3) is 5.69 Å². The smallest absolute Gasteiger partial charge is 0.336 e. The molecule has 0 aliphatic carbocycles. The Balaban J connectivity index is 1.63. The van der Waals surface area contributed by atoms with Gasteiger partial charge in [0.2, 0.25) is 0 Å². The predicted octanol–water partition coefficient (Wildman–Crippen LogP) is 4.43. The summed E-state index contributed by atoms with van der Waals surface area (Å²) >= 11 is 6.44. The number of nitro benzene ring substituents is 1. The average Bonchev–Trinajstić information content (AvgIpc) is 3.25. The summed E-state index contributed by atoms with van der Waals surface area (Å²) in [4.78, 5) is 44.1. The van der Waals surface area contributed by atoms with E-state index < -0.39 is 28.7 Å². The maximum Gasteiger partial charge on any atom is 0.336 e. The Bertz CT molecular complexity index is 1260. The van der Waals surface area contributed by atoms with Gasteiger partial charge in [-0.05, 0) is 31.0 Å². The lowest BCUT2D eigenvalue weighted by molar-refractivity contribution is -0.385. The summed E-state index contributed by atoms with van der Waals surface area (Å²) < 4.78 is 10.6. The summed E-state index contributed by atoms with van der Waals surface area (Å²) in [6, 6.07) is 12.4. The number of benzene rings is 2. The molecule has 0 radical (unpaired) electrons. The molecule has 9 nitrogen and oxygen atoms in total. The topological polar surface area (TPSA) is 111 Å². The molecule has 2 aliphatic rings. The van der Waals surface area contributed by atoms with E-state index in [1.807, 2.05) is 12.1 Å². The first-order valence-electron chi connectivity index (χ1n) is 11.5. The third-order valence-corrected chi connectivity index (χ3v) is 6.92. The molecule has 2 aromatic carbocycles. The Hall–Kier alpha value is -3.56. The van der Waals surface area contributed by atoms with Crippen LogP contribution in [0.4, 0.5) is 5.69 Å². The summed E-state index contributed by atoms with van der Waals surface area (Å²) in [5, 5.41) is 11.9. The highest BCUT2D eigenvalue weighted by molar-refractivity contribution is 6.32. The van der Waals surface area contributed by atoms with Crippen LogP contribution in [0, 0.1) is 16.0 Å². The van der Waals surface area contributed by atoms with Gasteiger partial charge in [0, 0.05) is 43.0 Å². The highest BCUT2D eigenvalue weighted by Crippen LogP contribution is 2.46. The molecular formula is C26H26ClN3O6. The zero-order valence-corrected chi connectivity index (χ0v) is 20.9. The molecule has 0 bridgehead atoms. The number of rotatable bonds is 7. The number of hydrogen-bond acceptors (Lipinski definition) is 8. The number of carbonyl (C=O) groups excluding carboxylic acids is 2. The Morgan fingerprint density at radius 1 is 1.14 bits per heavy atom. The monoisotopic (exact) mass is 511 g/mol. The van der Waals surface area contributed by atoms with Crippen molar-refractivity contribution in [3.8, 4) is 0 Å². The highest BCUT2D eigenvalue weighted by Gasteiger charge is 2.45. The van der Waals surface area contributed by atoms with Gasteiger partial charge >= 0.3 is 11.9 Å². The molecule has 36 heavy (non-hydrogen) atoms. The lowest BCUT2D eigenvalue weighted by Crippen LogP contribution is -2.37. The summed E-state index contributed by atoms with van der Waals surface area (Å²) in [5.74, 6) is -3.54. The lowest BCUT2D eigenvalue weighted by Gasteiger charge is -2.31. The Kier molecular flexibility index (Phi) is 7.51. The largest absolute Gasteiger partial charge is 0.468 e. The molecular weight excluding hydrogens is 486 g/mol. The molecule has 0 aromatic heterocycles. The number of nitrogens with zero attached hydrogens (tertiary/aromatic N) is 3. The molecule has 2 atom stereocenters. The Morgan fingerprint density at radius 3 is 2.42 bits per heavy atom. The van der Waals surface area contributed by atoms with E-state index in [2.05, 4.69) is 22.0 Å². The van der Waals surface area contributed by atoms with Crippen LogP contribution in [0.15, 0.2) is 58.7 Å². The van der Waals surface area contributed by atoms with Gasteiger partial charge in [0.1, 0.15) is 12.5 Å². The molecule has 0 spiro atoms. The zero-order valence-electron chi connectivity index (χ0n) is 20.2. The van der Waals surface area contributed by atoms with Crippen LogP contribution < -0.4 is 0 Å². The van der Waals surface area contributed by atoms with E-state index >= 15 is 0 Å². The molecule has 2 aliphatic heterocycles. The number of aliphatic imine (C=N–C) groups is 1. The van der Waals surface area contributed by atoms with Crippen molar-refractivity contribution in [1.82, 2.24) is 4.90 Å². The number of halogens is 1. The quantitative estimate of drug-likeness (QED) is 0.307. The first-order valence-corrected chi connectivity index (χ1v) is 11.8. The normalized spacial score (nSPS) is 19.5. The molecule has 0 amide bonds. The van der Waals surface area contributed by atoms with Crippen LogP contribution >= 0.6 is 11.6 Å². The number of fused-ring (bicyclic) bond motifs is 1. The SMILES string of the molecule is COC(=O)C1C(C)=NC(C)=C(C(=O)OCCN2Cc3ccccc3C2)C1c1c(Cl)cccc1[N+](=O)[O-]. The highest BCUT2D eigenvalue weighted by atomic mass is 35.5. The van der Waals surface area contributed by atoms with Crippen LogP contribution in [-0.4, -0.2) is 47.7 Å². The third kappa shape index (κ3) is 4.89. The minimum atomic E-state index is -1.09. The molecule has 0 saturated heterocycles. The Labute approximate surface area is 213 Å². The number of hydrogen-bond donors (Lipinski definition) is 0. The van der Waals surface area contributed by atoms with Crippen LogP contribution in [0.3, 0.4) is 0 Å². The molecule has 4 rings (SSSR count). The van der Waals surface area contributed by atoms with Crippen molar-refractivity contribution in [3.63, 3.8) is 0 Å². The van der Waals surface area contributed by atoms with Crippen LogP contribution in [0.5, 0.6) is 0 Å². The van der Waals surface area contributed by atoms with E-state index in [0.717, 1.165) is 13.1 Å². The van der Waals surface area contributed by atoms with Gasteiger partial charge < -0.3 is 9.47 Å². The maximum atomic E-state index is 13.4. The maximum absolute atomic E-state index is 13.4. The molecule has 0 saturated carbocycles. The first kappa shape index (κ1) is 25.5. The fraction of sp³-hybridized carbons (Fsp3) is 0.346. The number of nitro groups is 1. The predicted molar refractivity (Wildman–Crippen MR) is 134 cm³/mol. The van der Waals surface area contributed by atoms with Crippen molar-refractivity contribution in [3.05, 3.63) is 85.6 Å². The summed E-state index contributed by atoms with van der Waals surface area (Å²) in [6.45, 7) is 5.36. The molecule has 10 heteroatoms. The molecule has 2 heterocycles. The zero-order chi connectivity index (χ0) is 26.0. The van der Waals surface area contributed by atoms with Gasteiger partial charge in [-0.1, -0.05) is 41.9 Å². The number of esters is 2. The minimum Gasteiger partial charge on any atom is -0.468 e. The second kappa shape index (κ2) is 10.6. The fourth-order valence-electron chi connectivity index (χ4n) is 4.95. The lowest BCUT2D eigenvalue weighted by atomic mass is 9.75. The van der Waals surface area contributed by atoms with Crippen LogP contribution in [-0.2, 0) is 32.2 Å². The van der Waals surface area contributed by atoms with Crippen molar-refractivity contribution in [1.29, 1.82) is 0 Å². The second-order valence-corrected chi connectivity index (χ2v) is 9.18. The van der Waals surface area contributed by atoms with E-state index in [1.165, 1.54) is 36.4 Å². The summed E-state index contributed by atoms with van der Waals surface area (Å²) in [7, 11) is 1.21. The third-order valence-electron chi connectivity index (χ3n) is 6.59. The number of allylic oxidation sites excluding steroid dienone is 1. The molecule has 2 unspecified atom stereocenters. The van der Waals surface area contributed by atoms with Gasteiger partial charge in [-0.15, -0.1) is 0 Å². The molecule has 0 fully saturated rings. The summed E-state index contributed by atoms with van der Waals surface area (Å²) in [6.07, 6.45) is 0. The molecule has 2 aromatic rings. The van der Waals surface area contributed by atoms with E-state index in [4.69, 9.17) is 21.1 Å². The number of methoxy groups -OCH3 is 1. The number of carbonyl (C=O) groups is 2. The van der Waals surface area contributed by atoms with Gasteiger partial charge in [0.15, 0.2) is 0 Å². The summed E-state index contributed by atoms with van der Waals surface area (Å²) in [5.41, 5.74) is 2.96. The van der Waals surface area contributed by atoms with Crippen molar-refractivity contribution >= 4 is 34.9 Å². The Morgan fingerprint density at radius 2 is 1.81 bits per heavy atom. The van der Waals surface area contributed by atoms with Gasteiger partial charge in [-0.3, -0.25) is 24.8 Å². The van der Waals surface area contributed by atoms with Crippen LogP contribution in [0.25, 0.3) is 0 Å². The van der Waals surface area contributed by atoms with Gasteiger partial charge in [0.05, 0.1) is 28.2 Å². The van der Waals surface area contributed by atoms with Crippen molar-refractivity contribution in [2.75, 3.05) is 20.3 Å². The van der Waals surface area contributed by atoms with Crippen molar-refractivity contribution in [2.45, 2.75) is 32.9 Å². The fourth-order valence-corrected chi connectivity index (χ4v) is 5.23. The van der Waals surface area contributed by atoms with Gasteiger partial charge in [-0.25, -0.2) is 4.79 Å².